The largest absolute Gasteiger partial charge is 0.330 e. The number of nitrogens with two attached hydrogens (primary N) is 1. The Balaban J connectivity index is 1.92. The van der Waals surface area contributed by atoms with Gasteiger partial charge in [0.15, 0.2) is 0 Å². The molecule has 0 bridgehead atoms. The van der Waals surface area contributed by atoms with E-state index < -0.39 is 0 Å². The maximum Gasteiger partial charge on any atom is 0.0118 e. The molecule has 2 rings (SSSR count). The summed E-state index contributed by atoms with van der Waals surface area (Å²) in [6.45, 7) is 4.56. The molecule has 0 heterocycles. The van der Waals surface area contributed by atoms with Crippen molar-refractivity contribution in [2.24, 2.45) is 17.1 Å². The molecule has 0 saturated heterocycles. The van der Waals surface area contributed by atoms with Crippen LogP contribution < -0.4 is 5.73 Å². The highest BCUT2D eigenvalue weighted by Crippen LogP contribution is 2.39. The van der Waals surface area contributed by atoms with Crippen LogP contribution in [0.1, 0.15) is 58.3 Å². The van der Waals surface area contributed by atoms with E-state index in [0.717, 1.165) is 18.5 Å². The maximum atomic E-state index is 6.05. The van der Waals surface area contributed by atoms with Gasteiger partial charge >= 0.3 is 0 Å². The summed E-state index contributed by atoms with van der Waals surface area (Å²) in [6, 6.07) is 0.813. The molecule has 0 aromatic carbocycles. The third-order valence-corrected chi connectivity index (χ3v) is 5.31. The van der Waals surface area contributed by atoms with Crippen LogP contribution in [0.5, 0.6) is 0 Å². The van der Waals surface area contributed by atoms with Crippen LogP contribution in [0.15, 0.2) is 0 Å². The molecule has 17 heavy (non-hydrogen) atoms. The summed E-state index contributed by atoms with van der Waals surface area (Å²) in [5, 5.41) is 0. The minimum Gasteiger partial charge on any atom is -0.330 e. The van der Waals surface area contributed by atoms with Crippen molar-refractivity contribution in [1.29, 1.82) is 0 Å². The first-order valence-electron chi connectivity index (χ1n) is 7.57. The molecule has 0 aromatic rings. The van der Waals surface area contributed by atoms with Gasteiger partial charge in [-0.25, -0.2) is 0 Å². The second-order valence-corrected chi connectivity index (χ2v) is 6.66. The predicted octanol–water partition coefficient (Wildman–Crippen LogP) is 3.02. The van der Waals surface area contributed by atoms with Crippen molar-refractivity contribution in [3.8, 4) is 0 Å². The SMILES string of the molecule is CC1CCCCC1N(C)CC1(CN)CCCC1. The van der Waals surface area contributed by atoms with Crippen molar-refractivity contribution in [3.63, 3.8) is 0 Å². The van der Waals surface area contributed by atoms with Crippen LogP contribution in [-0.4, -0.2) is 31.1 Å². The van der Waals surface area contributed by atoms with Crippen molar-refractivity contribution >= 4 is 0 Å². The molecular weight excluding hydrogens is 208 g/mol. The summed E-state index contributed by atoms with van der Waals surface area (Å²) in [5.41, 5.74) is 6.50. The molecule has 0 aromatic heterocycles. The molecule has 2 unspecified atom stereocenters. The van der Waals surface area contributed by atoms with Crippen molar-refractivity contribution in [2.75, 3.05) is 20.1 Å². The fourth-order valence-electron chi connectivity index (χ4n) is 4.15. The first-order chi connectivity index (χ1) is 8.17. The third-order valence-electron chi connectivity index (χ3n) is 5.31. The average molecular weight is 238 g/mol. The van der Waals surface area contributed by atoms with Crippen molar-refractivity contribution in [1.82, 2.24) is 4.90 Å². The van der Waals surface area contributed by atoms with E-state index in [1.165, 1.54) is 57.9 Å². The van der Waals surface area contributed by atoms with Crippen LogP contribution in [0.4, 0.5) is 0 Å². The Morgan fingerprint density at radius 2 is 1.76 bits per heavy atom. The fourth-order valence-corrected chi connectivity index (χ4v) is 4.15. The lowest BCUT2D eigenvalue weighted by Gasteiger charge is -2.41. The molecule has 0 amide bonds. The van der Waals surface area contributed by atoms with Gasteiger partial charge in [0.1, 0.15) is 0 Å². The molecule has 2 heteroatoms. The molecule has 2 aliphatic rings. The molecule has 2 N–H and O–H groups in total. The summed E-state index contributed by atoms with van der Waals surface area (Å²) < 4.78 is 0. The quantitative estimate of drug-likeness (QED) is 0.816. The van der Waals surface area contributed by atoms with E-state index in [1.807, 2.05) is 0 Å². The lowest BCUT2D eigenvalue weighted by Crippen LogP contribution is -2.46. The smallest absolute Gasteiger partial charge is 0.0118 e. The summed E-state index contributed by atoms with van der Waals surface area (Å²) in [5.74, 6) is 0.880. The van der Waals surface area contributed by atoms with Crippen LogP contribution in [0.2, 0.25) is 0 Å². The number of nitrogens with zero attached hydrogens (tertiary/aromatic N) is 1. The van der Waals surface area contributed by atoms with E-state index in [2.05, 4.69) is 18.9 Å². The Hall–Kier alpha value is -0.0800. The molecule has 2 aliphatic carbocycles. The topological polar surface area (TPSA) is 29.3 Å². The van der Waals surface area contributed by atoms with E-state index in [4.69, 9.17) is 5.73 Å². The Morgan fingerprint density at radius 1 is 1.12 bits per heavy atom. The third kappa shape index (κ3) is 3.03. The zero-order valence-corrected chi connectivity index (χ0v) is 11.8. The molecule has 2 fully saturated rings. The van der Waals surface area contributed by atoms with Gasteiger partial charge in [-0.05, 0) is 50.6 Å². The number of rotatable bonds is 4. The molecule has 0 radical (unpaired) electrons. The maximum absolute atomic E-state index is 6.05. The molecule has 2 saturated carbocycles. The summed E-state index contributed by atoms with van der Waals surface area (Å²) in [4.78, 5) is 2.64. The van der Waals surface area contributed by atoms with E-state index in [0.29, 0.717) is 5.41 Å². The minimum absolute atomic E-state index is 0.450. The zero-order valence-electron chi connectivity index (χ0n) is 11.8. The minimum atomic E-state index is 0.450. The van der Waals surface area contributed by atoms with Gasteiger partial charge in [0.25, 0.3) is 0 Å². The Morgan fingerprint density at radius 3 is 2.35 bits per heavy atom. The highest BCUT2D eigenvalue weighted by atomic mass is 15.1. The molecule has 100 valence electrons. The van der Waals surface area contributed by atoms with E-state index >= 15 is 0 Å². The van der Waals surface area contributed by atoms with Gasteiger partial charge in [-0.1, -0.05) is 32.6 Å². The van der Waals surface area contributed by atoms with Crippen LogP contribution in [-0.2, 0) is 0 Å². The summed E-state index contributed by atoms with van der Waals surface area (Å²) >= 11 is 0. The van der Waals surface area contributed by atoms with Crippen LogP contribution >= 0.6 is 0 Å². The lowest BCUT2D eigenvalue weighted by molar-refractivity contribution is 0.0884. The van der Waals surface area contributed by atoms with Crippen molar-refractivity contribution < 1.29 is 0 Å². The Labute approximate surface area is 107 Å². The van der Waals surface area contributed by atoms with Gasteiger partial charge in [-0.3, -0.25) is 0 Å². The average Bonchev–Trinajstić information content (AvgIpc) is 2.79. The number of hydrogen-bond acceptors (Lipinski definition) is 2. The monoisotopic (exact) mass is 238 g/mol. The zero-order chi connectivity index (χ0) is 12.3. The molecule has 0 spiro atoms. The summed E-state index contributed by atoms with van der Waals surface area (Å²) in [6.07, 6.45) is 11.2. The Kier molecular flexibility index (Phi) is 4.48. The lowest BCUT2D eigenvalue weighted by atomic mass is 9.81. The van der Waals surface area contributed by atoms with Gasteiger partial charge in [0.2, 0.25) is 0 Å². The highest BCUT2D eigenvalue weighted by molar-refractivity contribution is 4.90. The predicted molar refractivity (Wildman–Crippen MR) is 74.0 cm³/mol. The normalized spacial score (nSPS) is 33.2. The first-order valence-corrected chi connectivity index (χ1v) is 7.57. The van der Waals surface area contributed by atoms with Crippen LogP contribution in [0.25, 0.3) is 0 Å². The second-order valence-electron chi connectivity index (χ2n) is 6.66. The van der Waals surface area contributed by atoms with Crippen LogP contribution in [0, 0.1) is 11.3 Å². The molecule has 2 atom stereocenters. The molecule has 0 aliphatic heterocycles. The highest BCUT2D eigenvalue weighted by Gasteiger charge is 2.36. The van der Waals surface area contributed by atoms with Gasteiger partial charge in [-0.2, -0.15) is 0 Å². The Bertz CT molecular complexity index is 233. The van der Waals surface area contributed by atoms with Crippen LogP contribution in [0.3, 0.4) is 0 Å². The van der Waals surface area contributed by atoms with Gasteiger partial charge in [0.05, 0.1) is 0 Å². The molecule has 2 nitrogen and oxygen atoms in total. The van der Waals surface area contributed by atoms with Crippen molar-refractivity contribution in [3.05, 3.63) is 0 Å². The number of hydrogen-bond donors (Lipinski definition) is 1. The summed E-state index contributed by atoms with van der Waals surface area (Å²) in [7, 11) is 2.34. The standard InChI is InChI=1S/C15H30N2/c1-13-7-3-4-8-14(13)17(2)12-15(11-16)9-5-6-10-15/h13-14H,3-12,16H2,1-2H3. The van der Waals surface area contributed by atoms with Gasteiger partial charge in [0, 0.05) is 12.6 Å². The fraction of sp³-hybridized carbons (Fsp3) is 1.00. The van der Waals surface area contributed by atoms with E-state index in [9.17, 15) is 0 Å². The van der Waals surface area contributed by atoms with Gasteiger partial charge < -0.3 is 10.6 Å². The second kappa shape index (κ2) is 5.71. The van der Waals surface area contributed by atoms with E-state index in [1.54, 1.807) is 0 Å². The molecular formula is C15H30N2. The van der Waals surface area contributed by atoms with Crippen molar-refractivity contribution in [2.45, 2.75) is 64.3 Å². The van der Waals surface area contributed by atoms with Gasteiger partial charge in [-0.15, -0.1) is 0 Å². The van der Waals surface area contributed by atoms with E-state index in [-0.39, 0.29) is 0 Å². The first kappa shape index (κ1) is 13.4.